The van der Waals surface area contributed by atoms with E-state index in [9.17, 15) is 19.2 Å². The quantitative estimate of drug-likeness (QED) is 0.421. The maximum atomic E-state index is 13.2. The Kier molecular flexibility index (Phi) is 9.22. The van der Waals surface area contributed by atoms with Gasteiger partial charge in [0.2, 0.25) is 0 Å². The summed E-state index contributed by atoms with van der Waals surface area (Å²) < 4.78 is 20.5. The number of esters is 4. The molecule has 9 nitrogen and oxygen atoms in total. The standard InChI is InChI=1S/C23H29NO8S/c1-7-29-20(25)14(5)31-22(27)17-12(3)24-13(4)18(19(17)16-10-9-11-33-16)23(28)32-15(6)21(26)30-8-2/h9-11,14-15,19,24H,7-8H2,1-6H3/t14-,15-/m0/s1. The molecule has 1 aliphatic heterocycles. The lowest BCUT2D eigenvalue weighted by molar-refractivity contribution is -0.164. The number of nitrogens with one attached hydrogen (secondary N) is 1. The summed E-state index contributed by atoms with van der Waals surface area (Å²) in [4.78, 5) is 50.9. The van der Waals surface area contributed by atoms with Gasteiger partial charge in [0, 0.05) is 16.3 Å². The normalized spacial score (nSPS) is 15.9. The van der Waals surface area contributed by atoms with Crippen LogP contribution in [0.1, 0.15) is 52.3 Å². The second-order valence-corrected chi connectivity index (χ2v) is 8.23. The Morgan fingerprint density at radius 2 is 1.36 bits per heavy atom. The fraction of sp³-hybridized carbons (Fsp3) is 0.478. The van der Waals surface area contributed by atoms with Crippen molar-refractivity contribution in [3.63, 3.8) is 0 Å². The number of carbonyl (C=O) groups excluding carboxylic acids is 4. The molecule has 1 aromatic heterocycles. The van der Waals surface area contributed by atoms with Gasteiger partial charge in [0.1, 0.15) is 0 Å². The fourth-order valence-electron chi connectivity index (χ4n) is 3.34. The van der Waals surface area contributed by atoms with Gasteiger partial charge >= 0.3 is 23.9 Å². The average molecular weight is 480 g/mol. The predicted molar refractivity (Wildman–Crippen MR) is 120 cm³/mol. The van der Waals surface area contributed by atoms with Gasteiger partial charge < -0.3 is 24.3 Å². The highest BCUT2D eigenvalue weighted by molar-refractivity contribution is 7.10. The number of allylic oxidation sites excluding steroid dienone is 2. The van der Waals surface area contributed by atoms with Gasteiger partial charge in [0.25, 0.3) is 0 Å². The Bertz CT molecular complexity index is 903. The Balaban J connectivity index is 2.40. The minimum absolute atomic E-state index is 0.151. The summed E-state index contributed by atoms with van der Waals surface area (Å²) in [5, 5.41) is 4.83. The first-order valence-corrected chi connectivity index (χ1v) is 11.5. The third-order valence-electron chi connectivity index (χ3n) is 4.83. The minimum Gasteiger partial charge on any atom is -0.463 e. The van der Waals surface area contributed by atoms with E-state index < -0.39 is 42.0 Å². The largest absolute Gasteiger partial charge is 0.463 e. The van der Waals surface area contributed by atoms with Crippen LogP contribution in [0.4, 0.5) is 0 Å². The van der Waals surface area contributed by atoms with Crippen molar-refractivity contribution in [2.24, 2.45) is 0 Å². The first-order valence-electron chi connectivity index (χ1n) is 10.6. The molecule has 2 rings (SSSR count). The summed E-state index contributed by atoms with van der Waals surface area (Å²) in [7, 11) is 0. The molecule has 0 radical (unpaired) electrons. The molecule has 0 unspecified atom stereocenters. The molecule has 0 amide bonds. The maximum Gasteiger partial charge on any atom is 0.347 e. The van der Waals surface area contributed by atoms with Crippen molar-refractivity contribution in [3.8, 4) is 0 Å². The molecule has 0 saturated heterocycles. The Morgan fingerprint density at radius 3 is 1.73 bits per heavy atom. The Labute approximate surface area is 196 Å². The molecule has 1 aromatic rings. The van der Waals surface area contributed by atoms with E-state index in [2.05, 4.69) is 5.32 Å². The molecule has 1 aliphatic rings. The van der Waals surface area contributed by atoms with Crippen molar-refractivity contribution >= 4 is 35.2 Å². The summed E-state index contributed by atoms with van der Waals surface area (Å²) in [6.45, 7) is 9.80. The third kappa shape index (κ3) is 6.22. The van der Waals surface area contributed by atoms with Crippen LogP contribution in [0.2, 0.25) is 0 Å². The van der Waals surface area contributed by atoms with Gasteiger partial charge in [0.05, 0.1) is 30.3 Å². The van der Waals surface area contributed by atoms with Crippen molar-refractivity contribution in [2.75, 3.05) is 13.2 Å². The lowest BCUT2D eigenvalue weighted by Crippen LogP contribution is -2.36. The molecule has 180 valence electrons. The van der Waals surface area contributed by atoms with Crippen LogP contribution in [-0.4, -0.2) is 49.3 Å². The average Bonchev–Trinajstić information content (AvgIpc) is 3.27. The summed E-state index contributed by atoms with van der Waals surface area (Å²) in [5.74, 6) is -3.69. The molecule has 0 bridgehead atoms. The van der Waals surface area contributed by atoms with Crippen LogP contribution in [0.15, 0.2) is 40.1 Å². The topological polar surface area (TPSA) is 117 Å². The van der Waals surface area contributed by atoms with Crippen LogP contribution < -0.4 is 5.32 Å². The van der Waals surface area contributed by atoms with Gasteiger partial charge in [-0.05, 0) is 53.0 Å². The zero-order chi connectivity index (χ0) is 24.7. The molecule has 2 heterocycles. The molecule has 1 N–H and O–H groups in total. The molecule has 0 saturated carbocycles. The lowest BCUT2D eigenvalue weighted by atomic mass is 9.84. The third-order valence-corrected chi connectivity index (χ3v) is 5.77. The van der Waals surface area contributed by atoms with E-state index >= 15 is 0 Å². The van der Waals surface area contributed by atoms with E-state index in [1.807, 2.05) is 5.38 Å². The van der Waals surface area contributed by atoms with E-state index in [0.717, 1.165) is 0 Å². The van der Waals surface area contributed by atoms with Crippen LogP contribution in [0.5, 0.6) is 0 Å². The molecule has 0 spiro atoms. The molecular formula is C23H29NO8S. The summed E-state index contributed by atoms with van der Waals surface area (Å²) in [5.41, 5.74) is 1.27. The maximum absolute atomic E-state index is 13.2. The smallest absolute Gasteiger partial charge is 0.347 e. The van der Waals surface area contributed by atoms with E-state index in [0.29, 0.717) is 16.3 Å². The van der Waals surface area contributed by atoms with Gasteiger partial charge in [-0.3, -0.25) is 0 Å². The van der Waals surface area contributed by atoms with E-state index in [1.54, 1.807) is 39.8 Å². The Morgan fingerprint density at radius 1 is 0.909 bits per heavy atom. The highest BCUT2D eigenvalue weighted by Crippen LogP contribution is 2.41. The number of dihydropyridines is 1. The molecule has 0 aromatic carbocycles. The fourth-order valence-corrected chi connectivity index (χ4v) is 4.18. The van der Waals surface area contributed by atoms with Gasteiger partial charge in [-0.1, -0.05) is 6.07 Å². The van der Waals surface area contributed by atoms with E-state index in [4.69, 9.17) is 18.9 Å². The zero-order valence-corrected chi connectivity index (χ0v) is 20.4. The van der Waals surface area contributed by atoms with Gasteiger partial charge in [-0.25, -0.2) is 19.2 Å². The molecule has 0 aliphatic carbocycles. The predicted octanol–water partition coefficient (Wildman–Crippen LogP) is 2.97. The molecule has 10 heteroatoms. The van der Waals surface area contributed by atoms with Crippen LogP contribution in [0.3, 0.4) is 0 Å². The van der Waals surface area contributed by atoms with Gasteiger partial charge in [-0.2, -0.15) is 0 Å². The number of rotatable bonds is 9. The van der Waals surface area contributed by atoms with Crippen LogP contribution in [0, 0.1) is 0 Å². The minimum atomic E-state index is -1.13. The van der Waals surface area contributed by atoms with Gasteiger partial charge in [0.15, 0.2) is 12.2 Å². The first kappa shape index (κ1) is 26.1. The second kappa shape index (κ2) is 11.6. The summed E-state index contributed by atoms with van der Waals surface area (Å²) in [6.07, 6.45) is -2.26. The number of carbonyl (C=O) groups is 4. The zero-order valence-electron chi connectivity index (χ0n) is 19.6. The lowest BCUT2D eigenvalue weighted by Gasteiger charge is -2.30. The first-order chi connectivity index (χ1) is 15.6. The van der Waals surface area contributed by atoms with Crippen molar-refractivity contribution in [2.45, 2.75) is 59.7 Å². The number of hydrogen-bond donors (Lipinski definition) is 1. The highest BCUT2D eigenvalue weighted by Gasteiger charge is 2.40. The molecular weight excluding hydrogens is 450 g/mol. The van der Waals surface area contributed by atoms with E-state index in [-0.39, 0.29) is 24.4 Å². The summed E-state index contributed by atoms with van der Waals surface area (Å²) in [6, 6.07) is 3.58. The molecule has 33 heavy (non-hydrogen) atoms. The number of thiophene rings is 1. The number of ether oxygens (including phenoxy) is 4. The summed E-state index contributed by atoms with van der Waals surface area (Å²) >= 11 is 1.35. The van der Waals surface area contributed by atoms with Crippen LogP contribution in [0.25, 0.3) is 0 Å². The van der Waals surface area contributed by atoms with Crippen molar-refractivity contribution in [3.05, 3.63) is 44.9 Å². The molecule has 0 fully saturated rings. The Hall–Kier alpha value is -3.14. The monoisotopic (exact) mass is 479 g/mol. The van der Waals surface area contributed by atoms with Crippen molar-refractivity contribution in [1.29, 1.82) is 0 Å². The van der Waals surface area contributed by atoms with Crippen molar-refractivity contribution in [1.82, 2.24) is 5.32 Å². The van der Waals surface area contributed by atoms with Crippen LogP contribution in [-0.2, 0) is 38.1 Å². The highest BCUT2D eigenvalue weighted by atomic mass is 32.1. The van der Waals surface area contributed by atoms with Crippen molar-refractivity contribution < 1.29 is 38.1 Å². The second-order valence-electron chi connectivity index (χ2n) is 7.25. The van der Waals surface area contributed by atoms with E-state index in [1.165, 1.54) is 25.2 Å². The SMILES string of the molecule is CCOC(=O)[C@H](C)OC(=O)C1=C(C)NC(C)=C(C(=O)O[C@@H](C)C(=O)OCC)C1c1cccs1. The van der Waals surface area contributed by atoms with Crippen LogP contribution >= 0.6 is 11.3 Å². The number of hydrogen-bond acceptors (Lipinski definition) is 10. The molecule has 2 atom stereocenters. The van der Waals surface area contributed by atoms with Gasteiger partial charge in [-0.15, -0.1) is 11.3 Å².